The lowest BCUT2D eigenvalue weighted by atomic mass is 10.1. The average molecular weight is 301 g/mol. The Bertz CT molecular complexity index is 494. The molecule has 4 nitrogen and oxygen atoms in total. The standard InChI is InChI=1S/C13H17ClN2O2S/c1-13(2)9-15(5-6-19-13)8-10-3-4-11(14)12(7-10)16(17)18/h3-4,7H,5-6,8-9H2,1-2H3. The molecular weight excluding hydrogens is 284 g/mol. The van der Waals surface area contributed by atoms with Crippen molar-refractivity contribution in [2.45, 2.75) is 25.1 Å². The number of nitro benzene ring substituents is 1. The van der Waals surface area contributed by atoms with Gasteiger partial charge in [0.1, 0.15) is 5.02 Å². The largest absolute Gasteiger partial charge is 0.297 e. The summed E-state index contributed by atoms with van der Waals surface area (Å²) in [6.07, 6.45) is 0. The van der Waals surface area contributed by atoms with Gasteiger partial charge in [-0.15, -0.1) is 0 Å². The topological polar surface area (TPSA) is 46.4 Å². The quantitative estimate of drug-likeness (QED) is 0.632. The van der Waals surface area contributed by atoms with Crippen LogP contribution >= 0.6 is 23.4 Å². The molecule has 1 aromatic carbocycles. The first-order chi connectivity index (χ1) is 8.87. The lowest BCUT2D eigenvalue weighted by Crippen LogP contribution is -2.42. The number of rotatable bonds is 3. The van der Waals surface area contributed by atoms with Crippen molar-refractivity contribution in [1.29, 1.82) is 0 Å². The molecule has 0 unspecified atom stereocenters. The SMILES string of the molecule is CC1(C)CN(Cc2ccc(Cl)c([N+](=O)[O-])c2)CCS1. The highest BCUT2D eigenvalue weighted by molar-refractivity contribution is 8.00. The Morgan fingerprint density at radius 1 is 1.53 bits per heavy atom. The second-order valence-electron chi connectivity index (χ2n) is 5.36. The molecule has 0 radical (unpaired) electrons. The fourth-order valence-corrected chi connectivity index (χ4v) is 3.67. The number of benzene rings is 1. The molecule has 0 saturated carbocycles. The van der Waals surface area contributed by atoms with Crippen molar-refractivity contribution in [2.75, 3.05) is 18.8 Å². The van der Waals surface area contributed by atoms with Gasteiger partial charge >= 0.3 is 0 Å². The highest BCUT2D eigenvalue weighted by Crippen LogP contribution is 2.31. The molecule has 0 spiro atoms. The third kappa shape index (κ3) is 3.84. The summed E-state index contributed by atoms with van der Waals surface area (Å²) in [4.78, 5) is 12.8. The first-order valence-corrected chi connectivity index (χ1v) is 7.53. The third-order valence-corrected chi connectivity index (χ3v) is 4.74. The molecule has 19 heavy (non-hydrogen) atoms. The molecule has 0 amide bonds. The predicted octanol–water partition coefficient (Wildman–Crippen LogP) is 3.58. The molecule has 1 saturated heterocycles. The number of halogens is 1. The predicted molar refractivity (Wildman–Crippen MR) is 79.9 cm³/mol. The molecule has 0 aliphatic carbocycles. The highest BCUT2D eigenvalue weighted by Gasteiger charge is 2.27. The summed E-state index contributed by atoms with van der Waals surface area (Å²) in [5.41, 5.74) is 0.934. The van der Waals surface area contributed by atoms with Gasteiger partial charge in [0, 0.05) is 36.2 Å². The number of nitro groups is 1. The van der Waals surface area contributed by atoms with E-state index in [1.807, 2.05) is 17.8 Å². The van der Waals surface area contributed by atoms with Crippen molar-refractivity contribution in [3.63, 3.8) is 0 Å². The summed E-state index contributed by atoms with van der Waals surface area (Å²) in [6, 6.07) is 5.06. The minimum absolute atomic E-state index is 0.00943. The smallest absolute Gasteiger partial charge is 0.288 e. The Labute approximate surface area is 122 Å². The molecule has 0 N–H and O–H groups in total. The Morgan fingerprint density at radius 3 is 2.89 bits per heavy atom. The molecular formula is C13H17ClN2O2S. The summed E-state index contributed by atoms with van der Waals surface area (Å²) < 4.78 is 0.247. The fourth-order valence-electron chi connectivity index (χ4n) is 2.30. The highest BCUT2D eigenvalue weighted by atomic mass is 35.5. The van der Waals surface area contributed by atoms with Crippen LogP contribution in [0.1, 0.15) is 19.4 Å². The first-order valence-electron chi connectivity index (χ1n) is 6.16. The van der Waals surface area contributed by atoms with Crippen LogP contribution in [-0.2, 0) is 6.54 Å². The van der Waals surface area contributed by atoms with Crippen molar-refractivity contribution in [3.05, 3.63) is 38.9 Å². The Balaban J connectivity index is 2.11. The Morgan fingerprint density at radius 2 is 2.26 bits per heavy atom. The van der Waals surface area contributed by atoms with Gasteiger partial charge in [0.05, 0.1) is 4.92 Å². The van der Waals surface area contributed by atoms with Crippen LogP contribution in [0, 0.1) is 10.1 Å². The Hall–Kier alpha value is -0.780. The van der Waals surface area contributed by atoms with Gasteiger partial charge in [-0.1, -0.05) is 17.7 Å². The lowest BCUT2D eigenvalue weighted by Gasteiger charge is -2.37. The molecule has 1 aromatic rings. The zero-order valence-corrected chi connectivity index (χ0v) is 12.6. The molecule has 6 heteroatoms. The van der Waals surface area contributed by atoms with E-state index in [0.29, 0.717) is 0 Å². The van der Waals surface area contributed by atoms with Crippen molar-refractivity contribution < 1.29 is 4.92 Å². The van der Waals surface area contributed by atoms with E-state index in [-0.39, 0.29) is 15.5 Å². The van der Waals surface area contributed by atoms with E-state index in [4.69, 9.17) is 11.6 Å². The van der Waals surface area contributed by atoms with E-state index in [1.54, 1.807) is 12.1 Å². The normalized spacial score (nSPS) is 19.3. The first kappa shape index (κ1) is 14.6. The van der Waals surface area contributed by atoms with E-state index < -0.39 is 4.92 Å². The van der Waals surface area contributed by atoms with Crippen LogP contribution in [0.4, 0.5) is 5.69 Å². The summed E-state index contributed by atoms with van der Waals surface area (Å²) >= 11 is 7.79. The maximum atomic E-state index is 10.9. The average Bonchev–Trinajstić information content (AvgIpc) is 2.30. The number of nitrogens with zero attached hydrogens (tertiary/aromatic N) is 2. The van der Waals surface area contributed by atoms with Crippen molar-refractivity contribution in [2.24, 2.45) is 0 Å². The minimum Gasteiger partial charge on any atom is -0.297 e. The molecule has 1 aliphatic heterocycles. The monoisotopic (exact) mass is 300 g/mol. The fraction of sp³-hybridized carbons (Fsp3) is 0.538. The maximum absolute atomic E-state index is 10.9. The van der Waals surface area contributed by atoms with Crippen LogP contribution in [0.3, 0.4) is 0 Å². The van der Waals surface area contributed by atoms with E-state index in [2.05, 4.69) is 18.7 Å². The van der Waals surface area contributed by atoms with Crippen LogP contribution in [0.2, 0.25) is 5.02 Å². The van der Waals surface area contributed by atoms with Gasteiger partial charge in [0.15, 0.2) is 0 Å². The molecule has 0 atom stereocenters. The van der Waals surface area contributed by atoms with Crippen molar-refractivity contribution >= 4 is 29.1 Å². The van der Waals surface area contributed by atoms with Gasteiger partial charge in [0.2, 0.25) is 0 Å². The zero-order chi connectivity index (χ0) is 14.0. The second kappa shape index (κ2) is 5.69. The summed E-state index contributed by atoms with van der Waals surface area (Å²) in [5.74, 6) is 1.10. The number of hydrogen-bond acceptors (Lipinski definition) is 4. The molecule has 0 bridgehead atoms. The molecule has 2 rings (SSSR count). The zero-order valence-electron chi connectivity index (χ0n) is 11.1. The van der Waals surface area contributed by atoms with Crippen LogP contribution in [0.5, 0.6) is 0 Å². The summed E-state index contributed by atoms with van der Waals surface area (Å²) in [5, 5.41) is 11.1. The maximum Gasteiger partial charge on any atom is 0.288 e. The van der Waals surface area contributed by atoms with E-state index >= 15 is 0 Å². The van der Waals surface area contributed by atoms with Crippen LogP contribution < -0.4 is 0 Å². The van der Waals surface area contributed by atoms with E-state index in [1.165, 1.54) is 0 Å². The summed E-state index contributed by atoms with van der Waals surface area (Å²) in [7, 11) is 0. The molecule has 1 fully saturated rings. The second-order valence-corrected chi connectivity index (χ2v) is 7.57. The Kier molecular flexibility index (Phi) is 4.38. The molecule has 0 aromatic heterocycles. The van der Waals surface area contributed by atoms with Crippen molar-refractivity contribution in [1.82, 2.24) is 4.90 Å². The van der Waals surface area contributed by atoms with Gasteiger partial charge in [-0.05, 0) is 25.5 Å². The van der Waals surface area contributed by atoms with E-state index in [9.17, 15) is 10.1 Å². The molecule has 104 valence electrons. The van der Waals surface area contributed by atoms with Crippen LogP contribution in [-0.4, -0.2) is 33.4 Å². The molecule has 1 aliphatic rings. The van der Waals surface area contributed by atoms with Gasteiger partial charge in [-0.2, -0.15) is 11.8 Å². The third-order valence-electron chi connectivity index (χ3n) is 3.12. The molecule has 1 heterocycles. The number of hydrogen-bond donors (Lipinski definition) is 0. The van der Waals surface area contributed by atoms with E-state index in [0.717, 1.165) is 31.0 Å². The van der Waals surface area contributed by atoms with Gasteiger partial charge in [-0.25, -0.2) is 0 Å². The van der Waals surface area contributed by atoms with Gasteiger partial charge in [0.25, 0.3) is 5.69 Å². The number of thioether (sulfide) groups is 1. The van der Waals surface area contributed by atoms with Crippen molar-refractivity contribution in [3.8, 4) is 0 Å². The summed E-state index contributed by atoms with van der Waals surface area (Å²) in [6.45, 7) is 7.21. The lowest BCUT2D eigenvalue weighted by molar-refractivity contribution is -0.384. The van der Waals surface area contributed by atoms with Gasteiger partial charge < -0.3 is 0 Å². The minimum atomic E-state index is -0.429. The van der Waals surface area contributed by atoms with Crippen LogP contribution in [0.15, 0.2) is 18.2 Å². The van der Waals surface area contributed by atoms with Gasteiger partial charge in [-0.3, -0.25) is 15.0 Å². The van der Waals surface area contributed by atoms with Crippen LogP contribution in [0.25, 0.3) is 0 Å².